The van der Waals surface area contributed by atoms with E-state index in [0.717, 1.165) is 31.5 Å². The molecule has 1 aliphatic rings. The Labute approximate surface area is 153 Å². The monoisotopic (exact) mass is 370 g/mol. The number of nitrogens with one attached hydrogen (secondary N) is 2. The Morgan fingerprint density at radius 1 is 1.08 bits per heavy atom. The molecule has 1 aliphatic heterocycles. The molecule has 1 saturated heterocycles. The average Bonchev–Trinajstić information content (AvgIpc) is 3.01. The number of piperidine rings is 1. The van der Waals surface area contributed by atoms with Crippen LogP contribution in [0.4, 0.5) is 5.95 Å². The molecule has 0 spiro atoms. The van der Waals surface area contributed by atoms with E-state index in [4.69, 9.17) is 0 Å². The van der Waals surface area contributed by atoms with Crippen LogP contribution in [0.3, 0.4) is 0 Å². The number of hydrogen-bond acceptors (Lipinski definition) is 5. The second-order valence-corrected chi connectivity index (χ2v) is 8.46. The Hall–Kier alpha value is -2.38. The summed E-state index contributed by atoms with van der Waals surface area (Å²) in [5.74, 6) is 0.388. The van der Waals surface area contributed by atoms with Crippen LogP contribution in [0.25, 0.3) is 11.0 Å². The van der Waals surface area contributed by atoms with E-state index in [1.807, 2.05) is 37.3 Å². The zero-order chi connectivity index (χ0) is 18.1. The molecule has 1 aromatic heterocycles. The van der Waals surface area contributed by atoms with Gasteiger partial charge in [-0.05, 0) is 57.1 Å². The SMILES string of the molecule is Cc1ccc(S(=O)(=O)n2c(NC3CCNCC3)nc3ccccc32)cc1. The number of anilines is 1. The molecule has 0 unspecified atom stereocenters. The van der Waals surface area contributed by atoms with E-state index in [1.165, 1.54) is 3.97 Å². The Balaban J connectivity index is 1.84. The third-order valence-corrected chi connectivity index (χ3v) is 6.47. The van der Waals surface area contributed by atoms with Gasteiger partial charge >= 0.3 is 0 Å². The van der Waals surface area contributed by atoms with E-state index >= 15 is 0 Å². The lowest BCUT2D eigenvalue weighted by atomic mass is 10.1. The van der Waals surface area contributed by atoms with Crippen LogP contribution in [0.2, 0.25) is 0 Å². The highest BCUT2D eigenvalue weighted by Gasteiger charge is 2.26. The molecule has 2 heterocycles. The predicted molar refractivity (Wildman–Crippen MR) is 103 cm³/mol. The van der Waals surface area contributed by atoms with Gasteiger partial charge in [0.25, 0.3) is 10.0 Å². The number of fused-ring (bicyclic) bond motifs is 1. The fourth-order valence-corrected chi connectivity index (χ4v) is 4.73. The van der Waals surface area contributed by atoms with Crippen LogP contribution in [0.1, 0.15) is 18.4 Å². The van der Waals surface area contributed by atoms with E-state index in [9.17, 15) is 8.42 Å². The maximum atomic E-state index is 13.4. The molecule has 0 saturated carbocycles. The number of imidazole rings is 1. The highest BCUT2D eigenvalue weighted by Crippen LogP contribution is 2.27. The van der Waals surface area contributed by atoms with E-state index in [-0.39, 0.29) is 10.9 Å². The quantitative estimate of drug-likeness (QED) is 0.739. The number of benzene rings is 2. The maximum absolute atomic E-state index is 13.4. The molecule has 3 aromatic rings. The molecule has 1 fully saturated rings. The fourth-order valence-electron chi connectivity index (χ4n) is 3.30. The minimum Gasteiger partial charge on any atom is -0.352 e. The standard InChI is InChI=1S/C19H22N4O2S/c1-14-6-8-16(9-7-14)26(24,25)23-18-5-3-2-4-17(18)22-19(23)21-15-10-12-20-13-11-15/h2-9,15,20H,10-13H2,1H3,(H,21,22). The van der Waals surface area contributed by atoms with E-state index in [2.05, 4.69) is 15.6 Å². The van der Waals surface area contributed by atoms with Crippen LogP contribution in [0.15, 0.2) is 53.4 Å². The van der Waals surface area contributed by atoms with Crippen molar-refractivity contribution in [1.29, 1.82) is 0 Å². The topological polar surface area (TPSA) is 76.0 Å². The molecule has 0 atom stereocenters. The molecule has 0 aliphatic carbocycles. The van der Waals surface area contributed by atoms with E-state index in [1.54, 1.807) is 18.2 Å². The Morgan fingerprint density at radius 3 is 2.50 bits per heavy atom. The first kappa shape index (κ1) is 17.1. The normalized spacial score (nSPS) is 16.0. The van der Waals surface area contributed by atoms with Gasteiger partial charge in [0, 0.05) is 6.04 Å². The number of nitrogens with zero attached hydrogens (tertiary/aromatic N) is 2. The third-order valence-electron chi connectivity index (χ3n) is 4.75. The summed E-state index contributed by atoms with van der Waals surface area (Å²) < 4.78 is 28.0. The molecule has 2 aromatic carbocycles. The van der Waals surface area contributed by atoms with Gasteiger partial charge in [0.1, 0.15) is 0 Å². The summed E-state index contributed by atoms with van der Waals surface area (Å²) >= 11 is 0. The van der Waals surface area contributed by atoms with Crippen molar-refractivity contribution >= 4 is 27.0 Å². The minimum atomic E-state index is -3.74. The fraction of sp³-hybridized carbons (Fsp3) is 0.316. The Bertz CT molecular complexity index is 1020. The molecule has 0 bridgehead atoms. The van der Waals surface area contributed by atoms with Crippen LogP contribution in [-0.4, -0.2) is 36.5 Å². The van der Waals surface area contributed by atoms with Gasteiger partial charge in [0.15, 0.2) is 0 Å². The summed E-state index contributed by atoms with van der Waals surface area (Å²) in [4.78, 5) is 4.83. The third kappa shape index (κ3) is 3.08. The minimum absolute atomic E-state index is 0.208. The first-order valence-corrected chi connectivity index (χ1v) is 10.3. The van der Waals surface area contributed by atoms with Crippen molar-refractivity contribution in [3.05, 3.63) is 54.1 Å². The van der Waals surface area contributed by atoms with Gasteiger partial charge < -0.3 is 10.6 Å². The van der Waals surface area contributed by atoms with E-state index in [0.29, 0.717) is 17.0 Å². The lowest BCUT2D eigenvalue weighted by molar-refractivity contribution is 0.477. The lowest BCUT2D eigenvalue weighted by Crippen LogP contribution is -2.36. The molecule has 0 radical (unpaired) electrons. The first-order chi connectivity index (χ1) is 12.6. The summed E-state index contributed by atoms with van der Waals surface area (Å²) in [5.41, 5.74) is 2.27. The maximum Gasteiger partial charge on any atom is 0.271 e. The second kappa shape index (κ2) is 6.74. The van der Waals surface area contributed by atoms with Crippen molar-refractivity contribution in [1.82, 2.24) is 14.3 Å². The number of hydrogen-bond donors (Lipinski definition) is 2. The Kier molecular flexibility index (Phi) is 4.42. The first-order valence-electron chi connectivity index (χ1n) is 8.83. The lowest BCUT2D eigenvalue weighted by Gasteiger charge is -2.24. The van der Waals surface area contributed by atoms with Crippen LogP contribution in [0, 0.1) is 6.92 Å². The van der Waals surface area contributed by atoms with Gasteiger partial charge in [-0.25, -0.2) is 17.4 Å². The van der Waals surface area contributed by atoms with Gasteiger partial charge in [0.2, 0.25) is 5.95 Å². The van der Waals surface area contributed by atoms with Gasteiger partial charge in [0.05, 0.1) is 15.9 Å². The van der Waals surface area contributed by atoms with Crippen molar-refractivity contribution in [2.45, 2.75) is 30.7 Å². The molecule has 4 rings (SSSR count). The van der Waals surface area contributed by atoms with Gasteiger partial charge in [-0.3, -0.25) is 0 Å². The summed E-state index contributed by atoms with van der Waals surface area (Å²) in [6.07, 6.45) is 1.88. The molecule has 2 N–H and O–H groups in total. The van der Waals surface area contributed by atoms with Gasteiger partial charge in [-0.1, -0.05) is 29.8 Å². The molecule has 6 nitrogen and oxygen atoms in total. The second-order valence-electron chi connectivity index (χ2n) is 6.68. The Morgan fingerprint density at radius 2 is 1.77 bits per heavy atom. The molecular weight excluding hydrogens is 348 g/mol. The summed E-state index contributed by atoms with van der Waals surface area (Å²) in [6, 6.07) is 14.5. The number of para-hydroxylation sites is 2. The number of aromatic nitrogens is 2. The van der Waals surface area contributed by atoms with Gasteiger partial charge in [-0.15, -0.1) is 0 Å². The predicted octanol–water partition coefficient (Wildman–Crippen LogP) is 2.75. The highest BCUT2D eigenvalue weighted by molar-refractivity contribution is 7.90. The average molecular weight is 370 g/mol. The van der Waals surface area contributed by atoms with Crippen LogP contribution in [-0.2, 0) is 10.0 Å². The smallest absolute Gasteiger partial charge is 0.271 e. The van der Waals surface area contributed by atoms with Crippen LogP contribution < -0.4 is 10.6 Å². The van der Waals surface area contributed by atoms with Crippen molar-refractivity contribution in [2.24, 2.45) is 0 Å². The van der Waals surface area contributed by atoms with Crippen molar-refractivity contribution in [2.75, 3.05) is 18.4 Å². The van der Waals surface area contributed by atoms with Gasteiger partial charge in [-0.2, -0.15) is 0 Å². The molecule has 7 heteroatoms. The van der Waals surface area contributed by atoms with Crippen molar-refractivity contribution in [3.63, 3.8) is 0 Å². The zero-order valence-electron chi connectivity index (χ0n) is 14.6. The van der Waals surface area contributed by atoms with Crippen LogP contribution >= 0.6 is 0 Å². The summed E-state index contributed by atoms with van der Waals surface area (Å²) in [6.45, 7) is 3.78. The molecule has 26 heavy (non-hydrogen) atoms. The molecule has 0 amide bonds. The number of aryl methyl sites for hydroxylation is 1. The van der Waals surface area contributed by atoms with Crippen molar-refractivity contribution < 1.29 is 8.42 Å². The molecular formula is C19H22N4O2S. The summed E-state index contributed by atoms with van der Waals surface area (Å²) in [5, 5.41) is 6.68. The van der Waals surface area contributed by atoms with Crippen molar-refractivity contribution in [3.8, 4) is 0 Å². The summed E-state index contributed by atoms with van der Waals surface area (Å²) in [7, 11) is -3.74. The zero-order valence-corrected chi connectivity index (χ0v) is 15.5. The van der Waals surface area contributed by atoms with Crippen LogP contribution in [0.5, 0.6) is 0 Å². The highest BCUT2D eigenvalue weighted by atomic mass is 32.2. The van der Waals surface area contributed by atoms with E-state index < -0.39 is 10.0 Å². The number of rotatable bonds is 4. The largest absolute Gasteiger partial charge is 0.352 e. The molecule has 136 valence electrons.